The molecule has 0 aliphatic heterocycles. The average molecular weight is 468 g/mol. The van der Waals surface area contributed by atoms with E-state index < -0.39 is 21.7 Å². The number of carbonyl (C=O) groups excluding carboxylic acids is 1. The van der Waals surface area contributed by atoms with Crippen LogP contribution in [0.4, 0.5) is 16.1 Å². The van der Waals surface area contributed by atoms with Crippen LogP contribution in [0, 0.1) is 5.82 Å². The summed E-state index contributed by atoms with van der Waals surface area (Å²) in [5.74, 6) is -0.459. The smallest absolute Gasteiger partial charge is 0.322 e. The third-order valence-electron chi connectivity index (χ3n) is 4.48. The minimum Gasteiger partial charge on any atom is -0.496 e. The monoisotopic (exact) mass is 468 g/mol. The number of nitrogens with one attached hydrogen (secondary N) is 2. The fourth-order valence-corrected chi connectivity index (χ4v) is 3.97. The van der Waals surface area contributed by atoms with Crippen molar-refractivity contribution in [3.05, 3.63) is 84.2 Å². The number of amides is 1. The van der Waals surface area contributed by atoms with Crippen LogP contribution in [0.1, 0.15) is 10.4 Å². The van der Waals surface area contributed by atoms with Crippen molar-refractivity contribution in [3.8, 4) is 17.2 Å². The summed E-state index contributed by atoms with van der Waals surface area (Å²) < 4.78 is 51.2. The largest absolute Gasteiger partial charge is 0.496 e. The van der Waals surface area contributed by atoms with Gasteiger partial charge in [0.2, 0.25) is 0 Å². The lowest BCUT2D eigenvalue weighted by molar-refractivity contribution is 0.102. The van der Waals surface area contributed by atoms with Gasteiger partial charge in [0.1, 0.15) is 11.6 Å². The zero-order valence-electron chi connectivity index (χ0n) is 17.2. The minimum atomic E-state index is -3.97. The lowest BCUT2D eigenvalue weighted by Gasteiger charge is -2.09. The van der Waals surface area contributed by atoms with Crippen molar-refractivity contribution in [2.24, 2.45) is 0 Å². The summed E-state index contributed by atoms with van der Waals surface area (Å²) in [5, 5.41) is 10.2. The van der Waals surface area contributed by atoms with Gasteiger partial charge >= 0.3 is 6.01 Å². The van der Waals surface area contributed by atoms with Crippen LogP contribution in [0.15, 0.2) is 82.1 Å². The molecule has 0 aliphatic carbocycles. The molecule has 3 aromatic carbocycles. The van der Waals surface area contributed by atoms with Gasteiger partial charge in [-0.25, -0.2) is 12.8 Å². The quantitative estimate of drug-likeness (QED) is 0.421. The van der Waals surface area contributed by atoms with Crippen molar-refractivity contribution in [2.75, 3.05) is 17.1 Å². The highest BCUT2D eigenvalue weighted by Gasteiger charge is 2.17. The predicted octanol–water partition coefficient (Wildman–Crippen LogP) is 3.94. The van der Waals surface area contributed by atoms with Crippen LogP contribution in [0.5, 0.6) is 5.75 Å². The minimum absolute atomic E-state index is 0.117. The van der Waals surface area contributed by atoms with E-state index in [2.05, 4.69) is 20.2 Å². The second-order valence-corrected chi connectivity index (χ2v) is 8.39. The van der Waals surface area contributed by atoms with E-state index in [-0.39, 0.29) is 28.1 Å². The number of rotatable bonds is 7. The standard InChI is InChI=1S/C22H17FN4O5S/c1-31-19-8-3-2-7-18(19)21-25-26-22(32-21)24-20(28)14-5-4-6-16(13-14)27-33(29,30)17-11-9-15(23)10-12-17/h2-13,27H,1H3,(H,24,26,28). The maximum atomic E-state index is 13.1. The number of halogens is 1. The number of para-hydroxylation sites is 1. The number of methoxy groups -OCH3 is 1. The molecule has 0 saturated heterocycles. The van der Waals surface area contributed by atoms with Crippen molar-refractivity contribution < 1.29 is 26.8 Å². The van der Waals surface area contributed by atoms with Gasteiger partial charge in [0.05, 0.1) is 17.6 Å². The Hall–Kier alpha value is -4.25. The fraction of sp³-hybridized carbons (Fsp3) is 0.0455. The number of hydrogen-bond donors (Lipinski definition) is 2. The Balaban J connectivity index is 1.49. The number of anilines is 2. The van der Waals surface area contributed by atoms with E-state index in [1.807, 2.05) is 0 Å². The Morgan fingerprint density at radius 1 is 1.00 bits per heavy atom. The first-order valence-corrected chi connectivity index (χ1v) is 11.0. The highest BCUT2D eigenvalue weighted by atomic mass is 32.2. The van der Waals surface area contributed by atoms with E-state index >= 15 is 0 Å². The summed E-state index contributed by atoms with van der Waals surface area (Å²) in [6.45, 7) is 0. The van der Waals surface area contributed by atoms with Crippen molar-refractivity contribution in [1.82, 2.24) is 10.2 Å². The van der Waals surface area contributed by atoms with Gasteiger partial charge in [0, 0.05) is 11.3 Å². The zero-order valence-corrected chi connectivity index (χ0v) is 18.0. The molecule has 0 fully saturated rings. The van der Waals surface area contributed by atoms with Crippen LogP contribution < -0.4 is 14.8 Å². The maximum Gasteiger partial charge on any atom is 0.322 e. The molecule has 0 spiro atoms. The SMILES string of the molecule is COc1ccccc1-c1nnc(NC(=O)c2cccc(NS(=O)(=O)c3ccc(F)cc3)c2)o1. The second-order valence-electron chi connectivity index (χ2n) is 6.71. The zero-order chi connectivity index (χ0) is 23.4. The number of nitrogens with zero attached hydrogens (tertiary/aromatic N) is 2. The van der Waals surface area contributed by atoms with Crippen molar-refractivity contribution >= 4 is 27.6 Å². The number of sulfonamides is 1. The average Bonchev–Trinajstić information content (AvgIpc) is 3.27. The molecule has 0 unspecified atom stereocenters. The summed E-state index contributed by atoms with van der Waals surface area (Å²) in [6, 6.07) is 17.1. The van der Waals surface area contributed by atoms with E-state index in [9.17, 15) is 17.6 Å². The van der Waals surface area contributed by atoms with E-state index in [0.29, 0.717) is 11.3 Å². The van der Waals surface area contributed by atoms with Crippen molar-refractivity contribution in [2.45, 2.75) is 4.90 Å². The molecule has 9 nitrogen and oxygen atoms in total. The van der Waals surface area contributed by atoms with E-state index in [4.69, 9.17) is 9.15 Å². The summed E-state index contributed by atoms with van der Waals surface area (Å²) in [6.07, 6.45) is 0. The second kappa shape index (κ2) is 9.09. The van der Waals surface area contributed by atoms with Gasteiger partial charge in [-0.15, -0.1) is 5.10 Å². The predicted molar refractivity (Wildman–Crippen MR) is 118 cm³/mol. The van der Waals surface area contributed by atoms with Gasteiger partial charge in [0.25, 0.3) is 21.8 Å². The molecule has 4 rings (SSSR count). The number of benzene rings is 3. The molecule has 168 valence electrons. The molecular weight excluding hydrogens is 451 g/mol. The van der Waals surface area contributed by atoms with Gasteiger partial charge in [-0.2, -0.15) is 0 Å². The third-order valence-corrected chi connectivity index (χ3v) is 5.88. The maximum absolute atomic E-state index is 13.1. The molecular formula is C22H17FN4O5S. The lowest BCUT2D eigenvalue weighted by atomic mass is 10.2. The molecule has 33 heavy (non-hydrogen) atoms. The van der Waals surface area contributed by atoms with E-state index in [1.165, 1.54) is 31.4 Å². The summed E-state index contributed by atoms with van der Waals surface area (Å²) >= 11 is 0. The first kappa shape index (κ1) is 22.0. The van der Waals surface area contributed by atoms with Crippen molar-refractivity contribution in [3.63, 3.8) is 0 Å². The van der Waals surface area contributed by atoms with Crippen LogP contribution in [0.25, 0.3) is 11.5 Å². The number of aromatic nitrogens is 2. The van der Waals surface area contributed by atoms with Gasteiger partial charge in [-0.05, 0) is 54.6 Å². The van der Waals surface area contributed by atoms with E-state index in [0.717, 1.165) is 24.3 Å². The highest BCUT2D eigenvalue weighted by molar-refractivity contribution is 7.92. The molecule has 1 heterocycles. The van der Waals surface area contributed by atoms with Crippen LogP contribution in [0.2, 0.25) is 0 Å². The Morgan fingerprint density at radius 2 is 1.76 bits per heavy atom. The Kier molecular flexibility index (Phi) is 6.05. The molecule has 4 aromatic rings. The normalized spacial score (nSPS) is 11.1. The van der Waals surface area contributed by atoms with Gasteiger partial charge in [0.15, 0.2) is 0 Å². The van der Waals surface area contributed by atoms with Crippen LogP contribution in [-0.4, -0.2) is 31.6 Å². The van der Waals surface area contributed by atoms with Gasteiger partial charge in [-0.3, -0.25) is 14.8 Å². The first-order valence-electron chi connectivity index (χ1n) is 9.52. The van der Waals surface area contributed by atoms with Crippen LogP contribution in [0.3, 0.4) is 0 Å². The molecule has 0 bridgehead atoms. The number of ether oxygens (including phenoxy) is 1. The van der Waals surface area contributed by atoms with E-state index in [1.54, 1.807) is 24.3 Å². The molecule has 1 amide bonds. The van der Waals surface area contributed by atoms with Crippen LogP contribution in [-0.2, 0) is 10.0 Å². The number of hydrogen-bond acceptors (Lipinski definition) is 7. The molecule has 0 aliphatic rings. The lowest BCUT2D eigenvalue weighted by Crippen LogP contribution is -2.15. The summed E-state index contributed by atoms with van der Waals surface area (Å²) in [4.78, 5) is 12.5. The van der Waals surface area contributed by atoms with Crippen molar-refractivity contribution in [1.29, 1.82) is 0 Å². The van der Waals surface area contributed by atoms with Gasteiger partial charge in [-0.1, -0.05) is 23.3 Å². The molecule has 11 heteroatoms. The molecule has 0 atom stereocenters. The first-order chi connectivity index (χ1) is 15.9. The van der Waals surface area contributed by atoms with Crippen LogP contribution >= 0.6 is 0 Å². The Bertz CT molecular complexity index is 1400. The highest BCUT2D eigenvalue weighted by Crippen LogP contribution is 2.29. The van der Waals surface area contributed by atoms with Gasteiger partial charge < -0.3 is 9.15 Å². The number of carbonyl (C=O) groups is 1. The Morgan fingerprint density at radius 3 is 2.52 bits per heavy atom. The third kappa shape index (κ3) is 4.99. The molecule has 0 radical (unpaired) electrons. The summed E-state index contributed by atoms with van der Waals surface area (Å²) in [5.41, 5.74) is 0.851. The summed E-state index contributed by atoms with van der Waals surface area (Å²) in [7, 11) is -2.46. The molecule has 2 N–H and O–H groups in total. The fourth-order valence-electron chi connectivity index (χ4n) is 2.92. The molecule has 0 saturated carbocycles. The Labute approximate surface area is 188 Å². The topological polar surface area (TPSA) is 123 Å². The molecule has 1 aromatic heterocycles.